The van der Waals surface area contributed by atoms with Gasteiger partial charge in [0.15, 0.2) is 0 Å². The molecular formula is C17H22ClN3O2. The van der Waals surface area contributed by atoms with Gasteiger partial charge in [0, 0.05) is 18.0 Å². The molecule has 1 aromatic carbocycles. The van der Waals surface area contributed by atoms with E-state index < -0.39 is 0 Å². The first-order valence-electron chi connectivity index (χ1n) is 8.17. The third-order valence-electron chi connectivity index (χ3n) is 4.85. The second-order valence-corrected chi connectivity index (χ2v) is 6.87. The van der Waals surface area contributed by atoms with E-state index in [1.54, 1.807) is 0 Å². The molecule has 1 heterocycles. The zero-order chi connectivity index (χ0) is 16.3. The summed E-state index contributed by atoms with van der Waals surface area (Å²) in [7, 11) is 0. The van der Waals surface area contributed by atoms with Crippen molar-refractivity contribution in [2.24, 2.45) is 0 Å². The van der Waals surface area contributed by atoms with Gasteiger partial charge in [-0.05, 0) is 49.8 Å². The number of carbonyl (C=O) groups excluding carboxylic acids is 2. The molecule has 1 saturated carbocycles. The maximum absolute atomic E-state index is 12.1. The Bertz CT molecular complexity index is 601. The van der Waals surface area contributed by atoms with Crippen molar-refractivity contribution in [2.45, 2.75) is 50.1 Å². The van der Waals surface area contributed by atoms with Crippen molar-refractivity contribution in [2.75, 3.05) is 6.54 Å². The van der Waals surface area contributed by atoms with Crippen molar-refractivity contribution in [3.05, 3.63) is 34.9 Å². The number of rotatable bonds is 4. The predicted octanol–water partition coefficient (Wildman–Crippen LogP) is 2.38. The van der Waals surface area contributed by atoms with E-state index in [1.807, 2.05) is 24.3 Å². The fourth-order valence-electron chi connectivity index (χ4n) is 3.44. The Kier molecular flexibility index (Phi) is 4.76. The molecule has 3 N–H and O–H groups in total. The maximum Gasteiger partial charge on any atom is 0.315 e. The number of nitrogens with one attached hydrogen (secondary N) is 3. The monoisotopic (exact) mass is 335 g/mol. The van der Waals surface area contributed by atoms with Crippen molar-refractivity contribution in [1.82, 2.24) is 16.0 Å². The van der Waals surface area contributed by atoms with Gasteiger partial charge in [-0.15, -0.1) is 0 Å². The molecule has 0 radical (unpaired) electrons. The van der Waals surface area contributed by atoms with Crippen LogP contribution in [-0.2, 0) is 11.2 Å². The first-order valence-corrected chi connectivity index (χ1v) is 8.55. The van der Waals surface area contributed by atoms with Crippen molar-refractivity contribution in [3.63, 3.8) is 0 Å². The number of carbonyl (C=O) groups is 2. The molecule has 1 aromatic rings. The average molecular weight is 336 g/mol. The zero-order valence-corrected chi connectivity index (χ0v) is 13.8. The Morgan fingerprint density at radius 2 is 2.22 bits per heavy atom. The minimum atomic E-state index is -0.209. The highest BCUT2D eigenvalue weighted by molar-refractivity contribution is 6.30. The lowest BCUT2D eigenvalue weighted by Crippen LogP contribution is -2.69. The van der Waals surface area contributed by atoms with Crippen LogP contribution in [0.5, 0.6) is 0 Å². The molecule has 2 fully saturated rings. The van der Waals surface area contributed by atoms with Crippen LogP contribution in [0.25, 0.3) is 0 Å². The quantitative estimate of drug-likeness (QED) is 0.790. The summed E-state index contributed by atoms with van der Waals surface area (Å²) in [5, 5.41) is 9.71. The predicted molar refractivity (Wildman–Crippen MR) is 89.4 cm³/mol. The number of benzene rings is 1. The van der Waals surface area contributed by atoms with Crippen molar-refractivity contribution < 1.29 is 9.59 Å². The Morgan fingerprint density at radius 3 is 2.91 bits per heavy atom. The van der Waals surface area contributed by atoms with Gasteiger partial charge in [-0.3, -0.25) is 4.79 Å². The van der Waals surface area contributed by atoms with Crippen molar-refractivity contribution in [1.29, 1.82) is 0 Å². The molecule has 23 heavy (non-hydrogen) atoms. The molecule has 0 bridgehead atoms. The van der Waals surface area contributed by atoms with Crippen molar-refractivity contribution >= 4 is 23.5 Å². The maximum atomic E-state index is 12.1. The summed E-state index contributed by atoms with van der Waals surface area (Å²) in [6.45, 7) is 0.554. The van der Waals surface area contributed by atoms with Crippen LogP contribution < -0.4 is 16.0 Å². The molecule has 3 rings (SSSR count). The topological polar surface area (TPSA) is 70.2 Å². The molecular weight excluding hydrogens is 314 g/mol. The Hall–Kier alpha value is -1.75. The van der Waals surface area contributed by atoms with E-state index in [4.69, 9.17) is 11.6 Å². The second kappa shape index (κ2) is 6.79. The number of hydrogen-bond acceptors (Lipinski definition) is 2. The van der Waals surface area contributed by atoms with Gasteiger partial charge in [0.05, 0.1) is 11.6 Å². The highest BCUT2D eigenvalue weighted by Gasteiger charge is 2.48. The third-order valence-corrected chi connectivity index (χ3v) is 5.09. The average Bonchev–Trinajstić information content (AvgIpc) is 2.47. The smallest absolute Gasteiger partial charge is 0.315 e. The van der Waals surface area contributed by atoms with Gasteiger partial charge in [-0.25, -0.2) is 4.79 Å². The lowest BCUT2D eigenvalue weighted by atomic mass is 9.68. The zero-order valence-electron chi connectivity index (χ0n) is 13.0. The molecule has 124 valence electrons. The normalized spacial score (nSPS) is 22.1. The van der Waals surface area contributed by atoms with Crippen LogP contribution in [0, 0.1) is 0 Å². The van der Waals surface area contributed by atoms with E-state index in [1.165, 1.54) is 0 Å². The molecule has 5 nitrogen and oxygen atoms in total. The summed E-state index contributed by atoms with van der Waals surface area (Å²) in [5.41, 5.74) is 0.887. The summed E-state index contributed by atoms with van der Waals surface area (Å²) in [6.07, 6.45) is 4.94. The number of halogens is 1. The second-order valence-electron chi connectivity index (χ2n) is 6.43. The summed E-state index contributed by atoms with van der Waals surface area (Å²) in [6, 6.07) is 7.50. The molecule has 1 aliphatic heterocycles. The minimum Gasteiger partial charge on any atom is -0.349 e. The largest absolute Gasteiger partial charge is 0.349 e. The highest BCUT2D eigenvalue weighted by atomic mass is 35.5. The summed E-state index contributed by atoms with van der Waals surface area (Å²) in [4.78, 5) is 23.7. The van der Waals surface area contributed by atoms with E-state index in [9.17, 15) is 9.59 Å². The van der Waals surface area contributed by atoms with Gasteiger partial charge >= 0.3 is 6.03 Å². The first kappa shape index (κ1) is 16.1. The van der Waals surface area contributed by atoms with Gasteiger partial charge in [0.2, 0.25) is 5.91 Å². The molecule has 1 aliphatic carbocycles. The number of amides is 3. The Morgan fingerprint density at radius 1 is 1.39 bits per heavy atom. The van der Waals surface area contributed by atoms with Gasteiger partial charge in [-0.2, -0.15) is 0 Å². The van der Waals surface area contributed by atoms with Crippen LogP contribution in [0.1, 0.15) is 37.7 Å². The molecule has 6 heteroatoms. The summed E-state index contributed by atoms with van der Waals surface area (Å²) in [5.74, 6) is 0.101. The molecule has 1 atom stereocenters. The van der Waals surface area contributed by atoms with E-state index in [0.717, 1.165) is 31.2 Å². The number of piperidine rings is 1. The van der Waals surface area contributed by atoms with Crippen LogP contribution in [-0.4, -0.2) is 30.1 Å². The lowest BCUT2D eigenvalue weighted by Gasteiger charge is -2.50. The van der Waals surface area contributed by atoms with E-state index in [2.05, 4.69) is 16.0 Å². The fourth-order valence-corrected chi connectivity index (χ4v) is 3.66. The van der Waals surface area contributed by atoms with Gasteiger partial charge in [-0.1, -0.05) is 23.7 Å². The molecule has 3 amide bonds. The lowest BCUT2D eigenvalue weighted by molar-refractivity contribution is -0.127. The third kappa shape index (κ3) is 3.78. The van der Waals surface area contributed by atoms with Crippen molar-refractivity contribution in [3.8, 4) is 0 Å². The summed E-state index contributed by atoms with van der Waals surface area (Å²) >= 11 is 5.95. The molecule has 1 saturated heterocycles. The SMILES string of the molecule is O=C1CCC(NC(=O)NCCc2cccc(Cl)c2)C2(CCC2)N1. The van der Waals surface area contributed by atoms with Crippen LogP contribution in [0.2, 0.25) is 5.02 Å². The van der Waals surface area contributed by atoms with E-state index in [-0.39, 0.29) is 23.5 Å². The Labute approximate surface area is 141 Å². The molecule has 0 aromatic heterocycles. The van der Waals surface area contributed by atoms with Crippen LogP contribution in [0.4, 0.5) is 4.79 Å². The molecule has 2 aliphatic rings. The number of urea groups is 1. The summed E-state index contributed by atoms with van der Waals surface area (Å²) < 4.78 is 0. The van der Waals surface area contributed by atoms with Crippen LogP contribution in [0.3, 0.4) is 0 Å². The highest BCUT2D eigenvalue weighted by Crippen LogP contribution is 2.38. The fraction of sp³-hybridized carbons (Fsp3) is 0.529. The molecule has 1 unspecified atom stereocenters. The van der Waals surface area contributed by atoms with E-state index in [0.29, 0.717) is 24.4 Å². The van der Waals surface area contributed by atoms with E-state index >= 15 is 0 Å². The van der Waals surface area contributed by atoms with Gasteiger partial charge in [0.25, 0.3) is 0 Å². The van der Waals surface area contributed by atoms with Crippen LogP contribution >= 0.6 is 11.6 Å². The number of hydrogen-bond donors (Lipinski definition) is 3. The standard InChI is InChI=1S/C17H22ClN3O2/c18-13-4-1-3-12(11-13)7-10-19-16(23)20-14-5-6-15(22)21-17(14)8-2-9-17/h1,3-4,11,14H,2,5-10H2,(H,21,22)(H2,19,20,23). The van der Waals surface area contributed by atoms with Crippen LogP contribution in [0.15, 0.2) is 24.3 Å². The molecule has 1 spiro atoms. The minimum absolute atomic E-state index is 0.0279. The van der Waals surface area contributed by atoms with Gasteiger partial charge < -0.3 is 16.0 Å². The van der Waals surface area contributed by atoms with Gasteiger partial charge in [0.1, 0.15) is 0 Å². The first-order chi connectivity index (χ1) is 11.1. The Balaban J connectivity index is 1.46.